The molecule has 0 bridgehead atoms. The topological polar surface area (TPSA) is 80.1 Å². The SMILES string of the molecule is Cc1nc(C(=O)Nc2ccc(Cl)cc2C(=O)N2CCCC2)nn1-c1ccc(F)cc1. The first-order chi connectivity index (χ1) is 14.4. The van der Waals surface area contributed by atoms with Gasteiger partial charge in [0.05, 0.1) is 16.9 Å². The van der Waals surface area contributed by atoms with Gasteiger partial charge in [0, 0.05) is 18.1 Å². The van der Waals surface area contributed by atoms with Crippen molar-refractivity contribution in [3.05, 3.63) is 70.5 Å². The number of hydrogen-bond donors (Lipinski definition) is 1. The fourth-order valence-electron chi connectivity index (χ4n) is 3.38. The maximum Gasteiger partial charge on any atom is 0.295 e. The molecule has 0 unspecified atom stereocenters. The lowest BCUT2D eigenvalue weighted by Gasteiger charge is -2.18. The third-order valence-corrected chi connectivity index (χ3v) is 5.13. The van der Waals surface area contributed by atoms with Crippen molar-refractivity contribution in [2.45, 2.75) is 19.8 Å². The molecule has 2 aromatic carbocycles. The number of carbonyl (C=O) groups excluding carboxylic acids is 2. The maximum absolute atomic E-state index is 13.2. The number of anilines is 1. The van der Waals surface area contributed by atoms with E-state index >= 15 is 0 Å². The number of nitrogens with zero attached hydrogens (tertiary/aromatic N) is 4. The number of likely N-dealkylation sites (tertiary alicyclic amines) is 1. The van der Waals surface area contributed by atoms with Gasteiger partial charge in [0.15, 0.2) is 0 Å². The Hall–Kier alpha value is -3.26. The molecule has 2 heterocycles. The molecular weight excluding hydrogens is 409 g/mol. The van der Waals surface area contributed by atoms with Gasteiger partial charge in [0.25, 0.3) is 11.8 Å². The molecule has 154 valence electrons. The Morgan fingerprint density at radius 3 is 2.50 bits per heavy atom. The highest BCUT2D eigenvalue weighted by Gasteiger charge is 2.24. The minimum atomic E-state index is -0.559. The Morgan fingerprint density at radius 1 is 1.10 bits per heavy atom. The molecule has 1 aromatic heterocycles. The van der Waals surface area contributed by atoms with E-state index < -0.39 is 5.91 Å². The van der Waals surface area contributed by atoms with Crippen molar-refractivity contribution in [2.24, 2.45) is 0 Å². The second-order valence-electron chi connectivity index (χ2n) is 7.01. The van der Waals surface area contributed by atoms with Crippen LogP contribution < -0.4 is 5.32 Å². The largest absolute Gasteiger partial charge is 0.339 e. The minimum Gasteiger partial charge on any atom is -0.339 e. The summed E-state index contributed by atoms with van der Waals surface area (Å²) in [4.78, 5) is 31.6. The third-order valence-electron chi connectivity index (χ3n) is 4.90. The zero-order valence-electron chi connectivity index (χ0n) is 16.2. The van der Waals surface area contributed by atoms with Crippen LogP contribution in [0.25, 0.3) is 5.69 Å². The number of rotatable bonds is 4. The van der Waals surface area contributed by atoms with Crippen molar-refractivity contribution in [3.8, 4) is 5.69 Å². The first kappa shape index (κ1) is 20.0. The van der Waals surface area contributed by atoms with Gasteiger partial charge in [-0.3, -0.25) is 9.59 Å². The zero-order chi connectivity index (χ0) is 21.3. The Balaban J connectivity index is 1.59. The van der Waals surface area contributed by atoms with E-state index in [9.17, 15) is 14.0 Å². The lowest BCUT2D eigenvalue weighted by molar-refractivity contribution is 0.0794. The lowest BCUT2D eigenvalue weighted by Crippen LogP contribution is -2.29. The predicted octanol–water partition coefficient (Wildman–Crippen LogP) is 3.86. The number of aryl methyl sites for hydroxylation is 1. The Bertz CT molecular complexity index is 1110. The molecule has 0 aliphatic carbocycles. The van der Waals surface area contributed by atoms with E-state index in [2.05, 4.69) is 15.4 Å². The van der Waals surface area contributed by atoms with Crippen LogP contribution in [0.1, 0.15) is 39.6 Å². The molecule has 1 fully saturated rings. The highest BCUT2D eigenvalue weighted by atomic mass is 35.5. The Labute approximate surface area is 177 Å². The quantitative estimate of drug-likeness (QED) is 0.685. The van der Waals surface area contributed by atoms with E-state index in [4.69, 9.17) is 11.6 Å². The zero-order valence-corrected chi connectivity index (χ0v) is 17.0. The van der Waals surface area contributed by atoms with Crippen LogP contribution in [0.2, 0.25) is 5.02 Å². The molecule has 3 aromatic rings. The number of nitrogens with one attached hydrogen (secondary N) is 1. The molecule has 0 saturated carbocycles. The summed E-state index contributed by atoms with van der Waals surface area (Å²) in [6, 6.07) is 10.4. The smallest absolute Gasteiger partial charge is 0.295 e. The summed E-state index contributed by atoms with van der Waals surface area (Å²) in [7, 11) is 0. The summed E-state index contributed by atoms with van der Waals surface area (Å²) in [5.74, 6) is -0.696. The number of aromatic nitrogens is 3. The van der Waals surface area contributed by atoms with Crippen molar-refractivity contribution < 1.29 is 14.0 Å². The lowest BCUT2D eigenvalue weighted by atomic mass is 10.1. The van der Waals surface area contributed by atoms with Gasteiger partial charge >= 0.3 is 0 Å². The van der Waals surface area contributed by atoms with Crippen LogP contribution in [-0.4, -0.2) is 44.6 Å². The standard InChI is InChI=1S/C21H19ClFN5O2/c1-13-24-19(26-28(13)16-7-5-15(23)6-8-16)20(29)25-18-9-4-14(22)12-17(18)21(30)27-10-2-3-11-27/h4-9,12H,2-3,10-11H2,1H3,(H,25,29). The fourth-order valence-corrected chi connectivity index (χ4v) is 3.56. The number of halogens is 2. The van der Waals surface area contributed by atoms with E-state index in [1.165, 1.54) is 16.8 Å². The summed E-state index contributed by atoms with van der Waals surface area (Å²) in [5.41, 5.74) is 1.25. The average molecular weight is 428 g/mol. The number of carbonyl (C=O) groups is 2. The first-order valence-electron chi connectivity index (χ1n) is 9.52. The summed E-state index contributed by atoms with van der Waals surface area (Å²) >= 11 is 6.09. The molecule has 2 amide bonds. The first-order valence-corrected chi connectivity index (χ1v) is 9.90. The molecule has 1 saturated heterocycles. The van der Waals surface area contributed by atoms with Crippen LogP contribution in [0.3, 0.4) is 0 Å². The average Bonchev–Trinajstić information content (AvgIpc) is 3.39. The minimum absolute atomic E-state index is 0.0636. The molecule has 9 heteroatoms. The number of benzene rings is 2. The maximum atomic E-state index is 13.2. The van der Waals surface area contributed by atoms with Gasteiger partial charge in [-0.1, -0.05) is 11.6 Å². The predicted molar refractivity (Wildman–Crippen MR) is 111 cm³/mol. The van der Waals surface area contributed by atoms with E-state index in [0.717, 1.165) is 12.8 Å². The molecule has 0 spiro atoms. The van der Waals surface area contributed by atoms with Crippen molar-refractivity contribution >= 4 is 29.1 Å². The van der Waals surface area contributed by atoms with E-state index in [0.29, 0.717) is 40.9 Å². The summed E-state index contributed by atoms with van der Waals surface area (Å²) in [6.07, 6.45) is 1.91. The van der Waals surface area contributed by atoms with Crippen LogP contribution in [0.15, 0.2) is 42.5 Å². The van der Waals surface area contributed by atoms with Gasteiger partial charge in [-0.25, -0.2) is 14.1 Å². The van der Waals surface area contributed by atoms with Gasteiger partial charge in [-0.05, 0) is 62.2 Å². The van der Waals surface area contributed by atoms with Crippen LogP contribution in [-0.2, 0) is 0 Å². The molecule has 1 N–H and O–H groups in total. The van der Waals surface area contributed by atoms with Gasteiger partial charge in [0.1, 0.15) is 11.6 Å². The molecule has 1 aliphatic heterocycles. The highest BCUT2D eigenvalue weighted by Crippen LogP contribution is 2.24. The second-order valence-corrected chi connectivity index (χ2v) is 7.45. The van der Waals surface area contributed by atoms with Crippen molar-refractivity contribution in [1.82, 2.24) is 19.7 Å². The van der Waals surface area contributed by atoms with Crippen LogP contribution >= 0.6 is 11.6 Å². The van der Waals surface area contributed by atoms with Crippen LogP contribution in [0, 0.1) is 12.7 Å². The number of hydrogen-bond acceptors (Lipinski definition) is 4. The molecular formula is C21H19ClFN5O2. The van der Waals surface area contributed by atoms with E-state index in [1.54, 1.807) is 42.2 Å². The Kier molecular flexibility index (Phi) is 5.50. The van der Waals surface area contributed by atoms with E-state index in [-0.39, 0.29) is 17.5 Å². The molecule has 4 rings (SSSR count). The summed E-state index contributed by atoms with van der Waals surface area (Å²) in [5, 5.41) is 7.35. The van der Waals surface area contributed by atoms with Crippen molar-refractivity contribution in [3.63, 3.8) is 0 Å². The van der Waals surface area contributed by atoms with Crippen LogP contribution in [0.5, 0.6) is 0 Å². The summed E-state index contributed by atoms with van der Waals surface area (Å²) in [6.45, 7) is 3.06. The van der Waals surface area contributed by atoms with Gasteiger partial charge < -0.3 is 10.2 Å². The van der Waals surface area contributed by atoms with E-state index in [1.807, 2.05) is 0 Å². The highest BCUT2D eigenvalue weighted by molar-refractivity contribution is 6.31. The molecule has 1 aliphatic rings. The van der Waals surface area contributed by atoms with Gasteiger partial charge in [0.2, 0.25) is 5.82 Å². The molecule has 7 nitrogen and oxygen atoms in total. The second kappa shape index (κ2) is 8.23. The monoisotopic (exact) mass is 427 g/mol. The number of amides is 2. The normalized spacial score (nSPS) is 13.5. The molecule has 30 heavy (non-hydrogen) atoms. The Morgan fingerprint density at radius 2 is 1.80 bits per heavy atom. The van der Waals surface area contributed by atoms with Crippen molar-refractivity contribution in [2.75, 3.05) is 18.4 Å². The van der Waals surface area contributed by atoms with Crippen molar-refractivity contribution in [1.29, 1.82) is 0 Å². The fraction of sp³-hybridized carbons (Fsp3) is 0.238. The molecule has 0 radical (unpaired) electrons. The van der Waals surface area contributed by atoms with Gasteiger partial charge in [-0.15, -0.1) is 5.10 Å². The third kappa shape index (κ3) is 4.04. The summed E-state index contributed by atoms with van der Waals surface area (Å²) < 4.78 is 14.6. The molecule has 0 atom stereocenters. The van der Waals surface area contributed by atoms with Gasteiger partial charge in [-0.2, -0.15) is 0 Å². The van der Waals surface area contributed by atoms with Crippen LogP contribution in [0.4, 0.5) is 10.1 Å².